The van der Waals surface area contributed by atoms with Gasteiger partial charge in [-0.2, -0.15) is 0 Å². The predicted molar refractivity (Wildman–Crippen MR) is 68.9 cm³/mol. The molecule has 0 aliphatic carbocycles. The standard InChI is InChI=1S/C13H13N3O2/c1-10(16(17)18)9-12-3-5-13(6-4-12)15-8-7-14-11(15)2/h3-9H,1-2H3. The SMILES string of the molecule is CC(=Cc1ccc(-n2ccnc2C)cc1)[N+](=O)[O-]. The van der Waals surface area contributed by atoms with Gasteiger partial charge in [0.2, 0.25) is 5.70 Å². The number of nitrogens with zero attached hydrogens (tertiary/aromatic N) is 3. The molecular weight excluding hydrogens is 230 g/mol. The monoisotopic (exact) mass is 243 g/mol. The van der Waals surface area contributed by atoms with E-state index >= 15 is 0 Å². The molecule has 0 N–H and O–H groups in total. The Kier molecular flexibility index (Phi) is 3.23. The molecule has 0 saturated heterocycles. The second-order valence-electron chi connectivity index (χ2n) is 3.98. The summed E-state index contributed by atoms with van der Waals surface area (Å²) in [6, 6.07) is 7.52. The van der Waals surface area contributed by atoms with Crippen LogP contribution in [0.5, 0.6) is 0 Å². The second-order valence-corrected chi connectivity index (χ2v) is 3.98. The molecule has 0 amide bonds. The number of hydrogen-bond acceptors (Lipinski definition) is 3. The number of hydrogen-bond donors (Lipinski definition) is 0. The second kappa shape index (κ2) is 4.83. The minimum Gasteiger partial charge on any atom is -0.304 e. The normalized spacial score (nSPS) is 11.6. The maximum Gasteiger partial charge on any atom is 0.243 e. The van der Waals surface area contributed by atoms with Crippen LogP contribution < -0.4 is 0 Å². The number of nitro groups is 1. The summed E-state index contributed by atoms with van der Waals surface area (Å²) in [5, 5.41) is 10.5. The zero-order valence-electron chi connectivity index (χ0n) is 10.2. The lowest BCUT2D eigenvalue weighted by atomic mass is 10.2. The van der Waals surface area contributed by atoms with Crippen LogP contribution in [-0.2, 0) is 0 Å². The first kappa shape index (κ1) is 12.0. The Bertz CT molecular complexity index is 597. The van der Waals surface area contributed by atoms with Gasteiger partial charge in [0.1, 0.15) is 5.82 Å². The van der Waals surface area contributed by atoms with Gasteiger partial charge in [-0.1, -0.05) is 12.1 Å². The Labute approximate surface area is 105 Å². The smallest absolute Gasteiger partial charge is 0.243 e. The Balaban J connectivity index is 2.29. The molecule has 0 spiro atoms. The highest BCUT2D eigenvalue weighted by Gasteiger charge is 2.03. The summed E-state index contributed by atoms with van der Waals surface area (Å²) in [4.78, 5) is 14.3. The van der Waals surface area contributed by atoms with Crippen molar-refractivity contribution in [2.45, 2.75) is 13.8 Å². The van der Waals surface area contributed by atoms with Crippen LogP contribution in [0.4, 0.5) is 0 Å². The van der Waals surface area contributed by atoms with E-state index in [1.807, 2.05) is 42.0 Å². The minimum atomic E-state index is -0.395. The molecule has 0 aliphatic rings. The molecule has 2 rings (SSSR count). The fourth-order valence-corrected chi connectivity index (χ4v) is 1.68. The highest BCUT2D eigenvalue weighted by Crippen LogP contribution is 2.13. The Morgan fingerprint density at radius 1 is 1.39 bits per heavy atom. The maximum absolute atomic E-state index is 10.5. The highest BCUT2D eigenvalue weighted by molar-refractivity contribution is 5.53. The third-order valence-electron chi connectivity index (χ3n) is 2.66. The summed E-state index contributed by atoms with van der Waals surface area (Å²) >= 11 is 0. The molecule has 0 bridgehead atoms. The Morgan fingerprint density at radius 3 is 2.56 bits per heavy atom. The molecule has 1 aromatic carbocycles. The number of benzene rings is 1. The van der Waals surface area contributed by atoms with E-state index in [1.54, 1.807) is 12.3 Å². The van der Waals surface area contributed by atoms with Crippen LogP contribution in [0.15, 0.2) is 42.4 Å². The van der Waals surface area contributed by atoms with Gasteiger partial charge in [0.25, 0.3) is 0 Å². The van der Waals surface area contributed by atoms with Crippen LogP contribution >= 0.6 is 0 Å². The molecule has 0 atom stereocenters. The predicted octanol–water partition coefficient (Wildman–Crippen LogP) is 2.82. The van der Waals surface area contributed by atoms with E-state index in [2.05, 4.69) is 4.98 Å². The molecule has 2 aromatic rings. The van der Waals surface area contributed by atoms with Crippen LogP contribution in [0.3, 0.4) is 0 Å². The average Bonchev–Trinajstić information content (AvgIpc) is 2.76. The van der Waals surface area contributed by atoms with Crippen LogP contribution in [0, 0.1) is 17.0 Å². The lowest BCUT2D eigenvalue weighted by molar-refractivity contribution is -0.422. The van der Waals surface area contributed by atoms with Gasteiger partial charge in [-0.25, -0.2) is 4.98 Å². The molecule has 0 radical (unpaired) electrons. The first-order valence-electron chi connectivity index (χ1n) is 5.51. The average molecular weight is 243 g/mol. The first-order valence-corrected chi connectivity index (χ1v) is 5.51. The quantitative estimate of drug-likeness (QED) is 0.615. The molecule has 5 heteroatoms. The van der Waals surface area contributed by atoms with Gasteiger partial charge in [-0.05, 0) is 24.6 Å². The van der Waals surface area contributed by atoms with Crippen molar-refractivity contribution in [1.29, 1.82) is 0 Å². The number of rotatable bonds is 3. The van der Waals surface area contributed by atoms with E-state index in [1.165, 1.54) is 6.92 Å². The topological polar surface area (TPSA) is 61.0 Å². The van der Waals surface area contributed by atoms with Crippen LogP contribution in [-0.4, -0.2) is 14.5 Å². The molecular formula is C13H13N3O2. The lowest BCUT2D eigenvalue weighted by Crippen LogP contribution is -1.95. The molecule has 18 heavy (non-hydrogen) atoms. The molecule has 5 nitrogen and oxygen atoms in total. The van der Waals surface area contributed by atoms with Crippen molar-refractivity contribution < 1.29 is 4.92 Å². The minimum absolute atomic E-state index is 0.126. The highest BCUT2D eigenvalue weighted by atomic mass is 16.6. The van der Waals surface area contributed by atoms with Crippen molar-refractivity contribution in [3.63, 3.8) is 0 Å². The van der Waals surface area contributed by atoms with E-state index in [4.69, 9.17) is 0 Å². The zero-order chi connectivity index (χ0) is 13.1. The summed E-state index contributed by atoms with van der Waals surface area (Å²) in [6.45, 7) is 3.40. The number of aryl methyl sites for hydroxylation is 1. The van der Waals surface area contributed by atoms with Gasteiger partial charge in [-0.3, -0.25) is 10.1 Å². The number of imidazole rings is 1. The van der Waals surface area contributed by atoms with Crippen LogP contribution in [0.25, 0.3) is 11.8 Å². The van der Waals surface area contributed by atoms with E-state index < -0.39 is 4.92 Å². The Hall–Kier alpha value is -2.43. The van der Waals surface area contributed by atoms with E-state index in [9.17, 15) is 10.1 Å². The van der Waals surface area contributed by atoms with Gasteiger partial charge in [-0.15, -0.1) is 0 Å². The van der Waals surface area contributed by atoms with Gasteiger partial charge >= 0.3 is 0 Å². The number of aromatic nitrogens is 2. The molecule has 0 aliphatic heterocycles. The maximum atomic E-state index is 10.5. The largest absolute Gasteiger partial charge is 0.304 e. The molecule has 0 unspecified atom stereocenters. The summed E-state index contributed by atoms with van der Waals surface area (Å²) in [5.74, 6) is 0.903. The summed E-state index contributed by atoms with van der Waals surface area (Å²) in [6.07, 6.45) is 5.16. The van der Waals surface area contributed by atoms with Crippen molar-refractivity contribution in [1.82, 2.24) is 9.55 Å². The van der Waals surface area contributed by atoms with Gasteiger partial charge in [0.05, 0.1) is 4.92 Å². The fraction of sp³-hybridized carbons (Fsp3) is 0.154. The van der Waals surface area contributed by atoms with Gasteiger partial charge < -0.3 is 4.57 Å². The summed E-state index contributed by atoms with van der Waals surface area (Å²) in [5.41, 5.74) is 1.92. The summed E-state index contributed by atoms with van der Waals surface area (Å²) in [7, 11) is 0. The van der Waals surface area contributed by atoms with Crippen LogP contribution in [0.2, 0.25) is 0 Å². The van der Waals surface area contributed by atoms with E-state index in [-0.39, 0.29) is 5.70 Å². The van der Waals surface area contributed by atoms with E-state index in [0.717, 1.165) is 17.1 Å². The third kappa shape index (κ3) is 2.45. The van der Waals surface area contributed by atoms with Crippen LogP contribution in [0.1, 0.15) is 18.3 Å². The Morgan fingerprint density at radius 2 is 2.06 bits per heavy atom. The van der Waals surface area contributed by atoms with Crippen molar-refractivity contribution >= 4 is 6.08 Å². The van der Waals surface area contributed by atoms with Gasteiger partial charge in [0, 0.05) is 31.1 Å². The molecule has 0 fully saturated rings. The molecule has 92 valence electrons. The lowest BCUT2D eigenvalue weighted by Gasteiger charge is -2.04. The summed E-state index contributed by atoms with van der Waals surface area (Å²) < 4.78 is 1.95. The zero-order valence-corrected chi connectivity index (χ0v) is 10.2. The van der Waals surface area contributed by atoms with Crippen molar-refractivity contribution in [2.24, 2.45) is 0 Å². The fourth-order valence-electron chi connectivity index (χ4n) is 1.68. The van der Waals surface area contributed by atoms with Gasteiger partial charge in [0.15, 0.2) is 0 Å². The third-order valence-corrected chi connectivity index (χ3v) is 2.66. The van der Waals surface area contributed by atoms with E-state index in [0.29, 0.717) is 0 Å². The molecule has 1 aromatic heterocycles. The first-order chi connectivity index (χ1) is 8.58. The van der Waals surface area contributed by atoms with Crippen molar-refractivity contribution in [3.8, 4) is 5.69 Å². The molecule has 0 saturated carbocycles. The van der Waals surface area contributed by atoms with Crippen molar-refractivity contribution in [3.05, 3.63) is 63.9 Å². The number of allylic oxidation sites excluding steroid dienone is 1. The molecule has 1 heterocycles. The van der Waals surface area contributed by atoms with Crippen molar-refractivity contribution in [2.75, 3.05) is 0 Å².